The molecule has 250 valence electrons. The van der Waals surface area contributed by atoms with Crippen LogP contribution in [0.4, 0.5) is 16.3 Å². The van der Waals surface area contributed by atoms with Crippen molar-refractivity contribution in [2.45, 2.75) is 96.9 Å². The molecule has 1 aliphatic carbocycles. The lowest BCUT2D eigenvalue weighted by molar-refractivity contribution is 0.0468. The number of thiazole rings is 1. The summed E-state index contributed by atoms with van der Waals surface area (Å²) in [6.07, 6.45) is 7.38. The molecule has 14 nitrogen and oxygen atoms in total. The molecule has 0 radical (unpaired) electrons. The molecule has 4 N–H and O–H groups in total. The van der Waals surface area contributed by atoms with Gasteiger partial charge in [0, 0.05) is 31.4 Å². The van der Waals surface area contributed by atoms with Crippen molar-refractivity contribution in [3.05, 3.63) is 40.4 Å². The van der Waals surface area contributed by atoms with Gasteiger partial charge in [-0.25, -0.2) is 29.2 Å². The first-order chi connectivity index (χ1) is 22.4. The van der Waals surface area contributed by atoms with Crippen LogP contribution in [-0.2, 0) is 4.74 Å². The number of piperidine rings is 1. The molecule has 1 atom stereocenters. The molecule has 0 aromatic carbocycles. The van der Waals surface area contributed by atoms with E-state index in [4.69, 9.17) is 15.2 Å². The molecule has 47 heavy (non-hydrogen) atoms. The molecular formula is C32H42N10O4S. The Labute approximate surface area is 277 Å². The first-order valence-corrected chi connectivity index (χ1v) is 16.9. The molecule has 2 fully saturated rings. The summed E-state index contributed by atoms with van der Waals surface area (Å²) >= 11 is 1.33. The van der Waals surface area contributed by atoms with Gasteiger partial charge in [0.25, 0.3) is 5.91 Å². The average molecular weight is 663 g/mol. The van der Waals surface area contributed by atoms with Crippen molar-refractivity contribution in [1.82, 2.24) is 40.2 Å². The molecule has 0 bridgehead atoms. The third-order valence-electron chi connectivity index (χ3n) is 8.28. The van der Waals surface area contributed by atoms with Crippen molar-refractivity contribution in [2.75, 3.05) is 23.7 Å². The van der Waals surface area contributed by atoms with Crippen LogP contribution in [0.15, 0.2) is 24.7 Å². The number of ether oxygens (including phenoxy) is 2. The second-order valence-electron chi connectivity index (χ2n) is 13.2. The van der Waals surface area contributed by atoms with E-state index in [1.54, 1.807) is 10.7 Å². The van der Waals surface area contributed by atoms with Gasteiger partial charge in [-0.3, -0.25) is 4.79 Å². The lowest BCUT2D eigenvalue weighted by atomic mass is 9.93. The van der Waals surface area contributed by atoms with E-state index in [1.165, 1.54) is 17.7 Å². The molecule has 2 amide bonds. The Bertz CT molecular complexity index is 1760. The van der Waals surface area contributed by atoms with Crippen LogP contribution in [0.1, 0.15) is 79.8 Å². The highest BCUT2D eigenvalue weighted by atomic mass is 32.1. The highest BCUT2D eigenvalue weighted by Gasteiger charge is 2.31. The number of anilines is 2. The van der Waals surface area contributed by atoms with Crippen LogP contribution in [0.2, 0.25) is 0 Å². The number of hydrogen-bond acceptors (Lipinski definition) is 12. The van der Waals surface area contributed by atoms with Gasteiger partial charge in [0.2, 0.25) is 5.88 Å². The fourth-order valence-electron chi connectivity index (χ4n) is 6.22. The van der Waals surface area contributed by atoms with Crippen molar-refractivity contribution >= 4 is 40.4 Å². The number of nitrogens with one attached hydrogen (secondary N) is 2. The number of hydrogen-bond donors (Lipinski definition) is 3. The summed E-state index contributed by atoms with van der Waals surface area (Å²) in [4.78, 5) is 46.2. The van der Waals surface area contributed by atoms with Gasteiger partial charge >= 0.3 is 6.09 Å². The van der Waals surface area contributed by atoms with Crippen LogP contribution in [0.3, 0.4) is 0 Å². The second kappa shape index (κ2) is 13.3. The van der Waals surface area contributed by atoms with Gasteiger partial charge < -0.3 is 30.7 Å². The van der Waals surface area contributed by atoms with Crippen LogP contribution < -0.4 is 26.0 Å². The van der Waals surface area contributed by atoms with Gasteiger partial charge in [0.05, 0.1) is 22.1 Å². The largest absolute Gasteiger partial charge is 0.473 e. The lowest BCUT2D eigenvalue weighted by Gasteiger charge is -2.34. The van der Waals surface area contributed by atoms with Crippen LogP contribution in [-0.4, -0.2) is 78.4 Å². The molecule has 1 aliphatic heterocycles. The predicted octanol–water partition coefficient (Wildman–Crippen LogP) is 4.46. The molecule has 4 aromatic heterocycles. The molecule has 0 unspecified atom stereocenters. The van der Waals surface area contributed by atoms with Crippen LogP contribution in [0.25, 0.3) is 16.9 Å². The molecule has 4 aromatic rings. The summed E-state index contributed by atoms with van der Waals surface area (Å²) in [6.45, 7) is 10.6. The van der Waals surface area contributed by atoms with E-state index < -0.39 is 11.7 Å². The van der Waals surface area contributed by atoms with Gasteiger partial charge in [-0.15, -0.1) is 11.3 Å². The van der Waals surface area contributed by atoms with Crippen LogP contribution in [0.5, 0.6) is 5.88 Å². The van der Waals surface area contributed by atoms with Gasteiger partial charge in [0.1, 0.15) is 29.4 Å². The first-order valence-electron chi connectivity index (χ1n) is 16.0. The summed E-state index contributed by atoms with van der Waals surface area (Å²) < 4.78 is 13.5. The topological polar surface area (TPSA) is 175 Å². The van der Waals surface area contributed by atoms with Crippen LogP contribution >= 0.6 is 11.3 Å². The number of fused-ring (bicyclic) bond motifs is 1. The predicted molar refractivity (Wildman–Crippen MR) is 179 cm³/mol. The summed E-state index contributed by atoms with van der Waals surface area (Å²) in [7, 11) is 0. The number of amides is 2. The Hall–Kier alpha value is -4.53. The van der Waals surface area contributed by atoms with Crippen molar-refractivity contribution in [3.8, 4) is 17.3 Å². The Morgan fingerprint density at radius 1 is 1.04 bits per heavy atom. The number of nitrogens with zero attached hydrogens (tertiary/aromatic N) is 7. The maximum Gasteiger partial charge on any atom is 0.407 e. The quantitative estimate of drug-likeness (QED) is 0.255. The molecule has 6 rings (SSSR count). The molecule has 2 aliphatic rings. The SMILES string of the molecule is Cc1nccc(-c2cc(N3CCC[C@@H](NC(=O)c4sc(C)nc4OC4CCC(NC(=O)OC(C)(C)C)CC4)C3)c3c(N)ncnn23)n1. The number of alkyl carbamates (subject to hydrolysis) is 1. The van der Waals surface area contributed by atoms with Gasteiger partial charge in [-0.05, 0) is 85.3 Å². The first kappa shape index (κ1) is 32.4. The lowest BCUT2D eigenvalue weighted by Crippen LogP contribution is -2.47. The van der Waals surface area contributed by atoms with E-state index in [1.807, 2.05) is 46.8 Å². The van der Waals surface area contributed by atoms with E-state index in [0.29, 0.717) is 34.5 Å². The summed E-state index contributed by atoms with van der Waals surface area (Å²) in [5.41, 5.74) is 8.96. The fourth-order valence-corrected chi connectivity index (χ4v) is 6.98. The van der Waals surface area contributed by atoms with E-state index in [9.17, 15) is 9.59 Å². The van der Waals surface area contributed by atoms with Gasteiger partial charge in [-0.1, -0.05) is 0 Å². The second-order valence-corrected chi connectivity index (χ2v) is 14.4. The van der Waals surface area contributed by atoms with Gasteiger partial charge in [0.15, 0.2) is 10.7 Å². The number of carbonyl (C=O) groups excluding carboxylic acids is 2. The summed E-state index contributed by atoms with van der Waals surface area (Å²) in [6, 6.07) is 3.80. The Balaban J connectivity index is 1.11. The minimum Gasteiger partial charge on any atom is -0.473 e. The smallest absolute Gasteiger partial charge is 0.407 e. The van der Waals surface area contributed by atoms with Crippen molar-refractivity contribution in [2.24, 2.45) is 0 Å². The molecule has 15 heteroatoms. The zero-order valence-electron chi connectivity index (χ0n) is 27.4. The van der Waals surface area contributed by atoms with E-state index in [0.717, 1.165) is 67.2 Å². The Morgan fingerprint density at radius 3 is 2.57 bits per heavy atom. The molecule has 1 saturated carbocycles. The standard InChI is InChI=1S/C32H42N10O4S/c1-18-34-13-12-23(37-18)24-15-25(26-28(33)35-17-36-42(24)26)41-14-6-7-21(16-41)39-29(43)27-30(38-19(2)47-27)45-22-10-8-20(9-11-22)40-31(44)46-32(3,4)5/h12-13,15,17,20-22H,6-11,14,16H2,1-5H3,(H,39,43)(H,40,44)(H2,33,35,36)/t20?,21-,22?/m1/s1. The van der Waals surface area contributed by atoms with E-state index >= 15 is 0 Å². The van der Waals surface area contributed by atoms with Crippen molar-refractivity contribution in [1.29, 1.82) is 0 Å². The molecule has 1 saturated heterocycles. The van der Waals surface area contributed by atoms with Crippen LogP contribution in [0, 0.1) is 13.8 Å². The number of nitrogens with two attached hydrogens (primary N) is 1. The zero-order valence-corrected chi connectivity index (χ0v) is 28.3. The van der Waals surface area contributed by atoms with E-state index in [-0.39, 0.29) is 24.1 Å². The fraction of sp³-hybridized carbons (Fsp3) is 0.531. The minimum atomic E-state index is -0.541. The number of carbonyl (C=O) groups is 2. The number of aromatic nitrogens is 6. The van der Waals surface area contributed by atoms with E-state index in [2.05, 4.69) is 40.6 Å². The highest BCUT2D eigenvalue weighted by Crippen LogP contribution is 2.35. The zero-order chi connectivity index (χ0) is 33.3. The Morgan fingerprint density at radius 2 is 1.83 bits per heavy atom. The number of rotatable bonds is 7. The third-order valence-corrected chi connectivity index (χ3v) is 9.23. The maximum atomic E-state index is 13.6. The van der Waals surface area contributed by atoms with Crippen molar-refractivity contribution < 1.29 is 19.1 Å². The minimum absolute atomic E-state index is 0.0277. The summed E-state index contributed by atoms with van der Waals surface area (Å²) in [5, 5.41) is 11.4. The van der Waals surface area contributed by atoms with Gasteiger partial charge in [-0.2, -0.15) is 5.10 Å². The average Bonchev–Trinajstić information content (AvgIpc) is 3.58. The highest BCUT2D eigenvalue weighted by molar-refractivity contribution is 7.13. The maximum absolute atomic E-state index is 13.6. The number of aryl methyl sites for hydroxylation is 2. The number of nitrogen functional groups attached to an aromatic ring is 1. The molecular weight excluding hydrogens is 620 g/mol. The Kier molecular flexibility index (Phi) is 9.17. The molecule has 0 spiro atoms. The monoisotopic (exact) mass is 662 g/mol. The third kappa shape index (κ3) is 7.56. The normalized spacial score (nSPS) is 20.2. The summed E-state index contributed by atoms with van der Waals surface area (Å²) in [5.74, 6) is 1.20. The molecule has 5 heterocycles. The van der Waals surface area contributed by atoms with Crippen molar-refractivity contribution in [3.63, 3.8) is 0 Å².